The van der Waals surface area contributed by atoms with E-state index in [0.717, 1.165) is 18.6 Å². The van der Waals surface area contributed by atoms with Gasteiger partial charge in [0.05, 0.1) is 6.20 Å². The van der Waals surface area contributed by atoms with E-state index in [-0.39, 0.29) is 10.8 Å². The van der Waals surface area contributed by atoms with Crippen molar-refractivity contribution in [3.63, 3.8) is 0 Å². The molecular weight excluding hydrogens is 330 g/mol. The Kier molecular flexibility index (Phi) is 5.38. The molecule has 0 N–H and O–H groups in total. The molecule has 1 aliphatic rings. The van der Waals surface area contributed by atoms with Crippen molar-refractivity contribution in [2.45, 2.75) is 85.0 Å². The van der Waals surface area contributed by atoms with Crippen molar-refractivity contribution in [2.75, 3.05) is 0 Å². The number of benzene rings is 1. The van der Waals surface area contributed by atoms with Crippen LogP contribution in [-0.4, -0.2) is 5.16 Å². The molecule has 0 radical (unpaired) electrons. The third kappa shape index (κ3) is 3.39. The monoisotopic (exact) mass is 365 g/mol. The topological polar surface area (TPSA) is 26.0 Å². The van der Waals surface area contributed by atoms with Crippen molar-refractivity contribution in [1.29, 1.82) is 0 Å². The summed E-state index contributed by atoms with van der Waals surface area (Å²) in [6, 6.07) is 6.95. The van der Waals surface area contributed by atoms with Crippen LogP contribution in [0.4, 0.5) is 0 Å². The van der Waals surface area contributed by atoms with E-state index in [1.54, 1.807) is 11.8 Å². The summed E-state index contributed by atoms with van der Waals surface area (Å²) in [4.78, 5) is 0. The summed E-state index contributed by atoms with van der Waals surface area (Å²) in [7, 11) is 0. The zero-order valence-corrected chi connectivity index (χ0v) is 18.1. The van der Waals surface area contributed by atoms with Crippen LogP contribution >= 0.6 is 0 Å². The highest BCUT2D eigenvalue weighted by atomic mass is 16.5. The molecule has 3 rings (SSSR count). The Labute approximate surface area is 165 Å². The molecule has 2 heteroatoms. The fraction of sp³-hybridized carbons (Fsp3) is 0.560. The number of hydrogen-bond donors (Lipinski definition) is 0. The van der Waals surface area contributed by atoms with Gasteiger partial charge in [0.2, 0.25) is 0 Å². The third-order valence-electron chi connectivity index (χ3n) is 7.10. The van der Waals surface area contributed by atoms with Crippen molar-refractivity contribution in [2.24, 2.45) is 5.92 Å². The predicted octanol–water partition coefficient (Wildman–Crippen LogP) is 7.17. The second-order valence-electron chi connectivity index (χ2n) is 9.26. The lowest BCUT2D eigenvalue weighted by Gasteiger charge is -2.32. The van der Waals surface area contributed by atoms with Crippen LogP contribution in [0.1, 0.15) is 95.7 Å². The Hall–Kier alpha value is -1.83. The maximum absolute atomic E-state index is 5.37. The van der Waals surface area contributed by atoms with Crippen LogP contribution in [0, 0.1) is 5.92 Å². The minimum atomic E-state index is 0.182. The van der Waals surface area contributed by atoms with Gasteiger partial charge in [-0.1, -0.05) is 72.2 Å². The van der Waals surface area contributed by atoms with E-state index in [2.05, 4.69) is 71.8 Å². The van der Waals surface area contributed by atoms with E-state index in [0.29, 0.717) is 5.92 Å². The molecule has 0 fully saturated rings. The molecule has 146 valence electrons. The summed E-state index contributed by atoms with van der Waals surface area (Å²) in [5, 5.41) is 3.87. The molecule has 0 amide bonds. The normalized spacial score (nSPS) is 20.7. The maximum Gasteiger partial charge on any atom is 0.159 e. The van der Waals surface area contributed by atoms with Crippen molar-refractivity contribution >= 4 is 11.6 Å². The van der Waals surface area contributed by atoms with Gasteiger partial charge in [-0.15, -0.1) is 0 Å². The van der Waals surface area contributed by atoms with Gasteiger partial charge in [0.15, 0.2) is 5.76 Å². The number of aryl methyl sites for hydroxylation is 1. The van der Waals surface area contributed by atoms with Crippen LogP contribution in [0.3, 0.4) is 0 Å². The van der Waals surface area contributed by atoms with Gasteiger partial charge in [0.1, 0.15) is 0 Å². The summed E-state index contributed by atoms with van der Waals surface area (Å²) in [5.74, 6) is 1.44. The average molecular weight is 366 g/mol. The number of fused-ring (bicyclic) bond motifs is 1. The standard InChI is InChI=1S/C25H35NO/c1-8-10-11-19-15-22-23(25(6,7)17(3)24(22,4)5)16-21(19)18(9-2)14-20-12-13-26-27-20/h12-17H,8-11H2,1-7H3/b18-14+. The van der Waals surface area contributed by atoms with Gasteiger partial charge < -0.3 is 4.52 Å². The molecule has 1 heterocycles. The summed E-state index contributed by atoms with van der Waals surface area (Å²) >= 11 is 0. The first kappa shape index (κ1) is 19.9. The summed E-state index contributed by atoms with van der Waals surface area (Å²) in [6.07, 6.45) is 8.45. The van der Waals surface area contributed by atoms with Crippen molar-refractivity contribution in [3.05, 3.63) is 52.4 Å². The average Bonchev–Trinajstić information content (AvgIpc) is 3.19. The fourth-order valence-corrected chi connectivity index (χ4v) is 4.79. The number of aromatic nitrogens is 1. The molecule has 2 aromatic rings. The van der Waals surface area contributed by atoms with Crippen molar-refractivity contribution < 1.29 is 4.52 Å². The van der Waals surface area contributed by atoms with Gasteiger partial charge in [-0.05, 0) is 69.9 Å². The lowest BCUT2D eigenvalue weighted by molar-refractivity contribution is 0.264. The first-order valence-electron chi connectivity index (χ1n) is 10.5. The maximum atomic E-state index is 5.37. The Bertz CT molecular complexity index is 824. The minimum absolute atomic E-state index is 0.182. The van der Waals surface area contributed by atoms with Crippen LogP contribution in [0.15, 0.2) is 28.9 Å². The summed E-state index contributed by atoms with van der Waals surface area (Å²) in [6.45, 7) is 16.6. The number of unbranched alkanes of at least 4 members (excludes halogenated alkanes) is 1. The molecule has 1 aromatic carbocycles. The van der Waals surface area contributed by atoms with Crippen molar-refractivity contribution in [1.82, 2.24) is 5.16 Å². The van der Waals surface area contributed by atoms with Gasteiger partial charge in [-0.25, -0.2) is 0 Å². The Morgan fingerprint density at radius 3 is 2.33 bits per heavy atom. The van der Waals surface area contributed by atoms with Crippen LogP contribution < -0.4 is 0 Å². The lowest BCUT2D eigenvalue weighted by atomic mass is 9.71. The third-order valence-corrected chi connectivity index (χ3v) is 7.10. The zero-order chi connectivity index (χ0) is 19.8. The number of allylic oxidation sites excluding steroid dienone is 1. The summed E-state index contributed by atoms with van der Waals surface area (Å²) < 4.78 is 5.37. The quantitative estimate of drug-likeness (QED) is 0.542. The number of hydrogen-bond acceptors (Lipinski definition) is 2. The van der Waals surface area contributed by atoms with E-state index in [1.807, 2.05) is 6.07 Å². The fourth-order valence-electron chi connectivity index (χ4n) is 4.79. The first-order valence-corrected chi connectivity index (χ1v) is 10.5. The molecule has 1 aliphatic carbocycles. The molecule has 1 atom stereocenters. The van der Waals surface area contributed by atoms with Crippen molar-refractivity contribution in [3.8, 4) is 0 Å². The van der Waals surface area contributed by atoms with E-state index in [9.17, 15) is 0 Å². The smallest absolute Gasteiger partial charge is 0.159 e. The highest BCUT2D eigenvalue weighted by Gasteiger charge is 2.48. The Balaban J connectivity index is 2.20. The van der Waals surface area contributed by atoms with Gasteiger partial charge in [0, 0.05) is 6.07 Å². The largest absolute Gasteiger partial charge is 0.357 e. The molecule has 0 spiro atoms. The zero-order valence-electron chi connectivity index (χ0n) is 18.1. The Morgan fingerprint density at radius 1 is 1.11 bits per heavy atom. The SMILES string of the molecule is CCCCc1cc2c(cc1/C(=C/c1ccno1)CC)C(C)(C)C(C)C2(C)C. The molecular formula is C25H35NO. The van der Waals surface area contributed by atoms with Crippen LogP contribution in [0.2, 0.25) is 0 Å². The lowest BCUT2D eigenvalue weighted by Crippen LogP contribution is -2.30. The second kappa shape index (κ2) is 7.30. The molecule has 2 nitrogen and oxygen atoms in total. The van der Waals surface area contributed by atoms with Gasteiger partial charge in [-0.3, -0.25) is 0 Å². The Morgan fingerprint density at radius 2 is 1.78 bits per heavy atom. The van der Waals surface area contributed by atoms with Crippen LogP contribution in [-0.2, 0) is 17.3 Å². The first-order chi connectivity index (χ1) is 12.7. The molecule has 0 saturated heterocycles. The van der Waals surface area contributed by atoms with Gasteiger partial charge in [0.25, 0.3) is 0 Å². The summed E-state index contributed by atoms with van der Waals surface area (Å²) in [5.41, 5.74) is 7.69. The number of rotatable bonds is 6. The molecule has 0 saturated carbocycles. The predicted molar refractivity (Wildman–Crippen MR) is 115 cm³/mol. The molecule has 1 aromatic heterocycles. The van der Waals surface area contributed by atoms with E-state index in [1.165, 1.54) is 35.1 Å². The van der Waals surface area contributed by atoms with E-state index >= 15 is 0 Å². The van der Waals surface area contributed by atoms with E-state index in [4.69, 9.17) is 4.52 Å². The van der Waals surface area contributed by atoms with Gasteiger partial charge >= 0.3 is 0 Å². The molecule has 1 unspecified atom stereocenters. The highest BCUT2D eigenvalue weighted by Crippen LogP contribution is 2.54. The second-order valence-corrected chi connectivity index (χ2v) is 9.26. The van der Waals surface area contributed by atoms with Crippen LogP contribution in [0.5, 0.6) is 0 Å². The van der Waals surface area contributed by atoms with Crippen LogP contribution in [0.25, 0.3) is 11.6 Å². The molecule has 27 heavy (non-hydrogen) atoms. The minimum Gasteiger partial charge on any atom is -0.357 e. The molecule has 0 bridgehead atoms. The number of nitrogens with zero attached hydrogens (tertiary/aromatic N) is 1. The van der Waals surface area contributed by atoms with Gasteiger partial charge in [-0.2, -0.15) is 0 Å². The molecule has 0 aliphatic heterocycles. The van der Waals surface area contributed by atoms with E-state index < -0.39 is 0 Å². The highest BCUT2D eigenvalue weighted by molar-refractivity contribution is 5.82.